The maximum absolute atomic E-state index is 13.3. The van der Waals surface area contributed by atoms with Gasteiger partial charge in [-0.1, -0.05) is 6.07 Å². The Hall–Kier alpha value is -3.16. The van der Waals surface area contributed by atoms with Crippen LogP contribution in [0.25, 0.3) is 10.9 Å². The van der Waals surface area contributed by atoms with Gasteiger partial charge in [-0.15, -0.1) is 0 Å². The van der Waals surface area contributed by atoms with Gasteiger partial charge < -0.3 is 9.84 Å². The lowest BCUT2D eigenvalue weighted by atomic mass is 10.1. The lowest BCUT2D eigenvalue weighted by molar-refractivity contribution is -0.140. The molecule has 0 spiro atoms. The fourth-order valence-corrected chi connectivity index (χ4v) is 2.35. The summed E-state index contributed by atoms with van der Waals surface area (Å²) in [5.74, 6) is -2.10. The zero-order valence-corrected chi connectivity index (χ0v) is 13.0. The molecule has 0 saturated carbocycles. The Bertz CT molecular complexity index is 986. The Balaban J connectivity index is 1.80. The maximum Gasteiger partial charge on any atom is 0.419 e. The molecular formula is C18H11F4NO3. The highest BCUT2D eigenvalue weighted by Gasteiger charge is 2.34. The number of carbonyl (C=O) groups is 1. The fraction of sp³-hybridized carbons (Fsp3) is 0.111. The number of aromatic nitrogens is 1. The molecule has 0 amide bonds. The van der Waals surface area contributed by atoms with Crippen molar-refractivity contribution in [1.29, 1.82) is 0 Å². The second-order valence-corrected chi connectivity index (χ2v) is 5.48. The van der Waals surface area contributed by atoms with Gasteiger partial charge in [0.1, 0.15) is 18.2 Å². The molecule has 4 nitrogen and oxygen atoms in total. The molecule has 0 radical (unpaired) electrons. The molecule has 134 valence electrons. The van der Waals surface area contributed by atoms with E-state index in [-0.39, 0.29) is 17.7 Å². The van der Waals surface area contributed by atoms with E-state index < -0.39 is 23.5 Å². The molecule has 1 N–H and O–H groups in total. The van der Waals surface area contributed by atoms with Gasteiger partial charge in [0.15, 0.2) is 0 Å². The Kier molecular flexibility index (Phi) is 4.50. The lowest BCUT2D eigenvalue weighted by Crippen LogP contribution is -2.09. The molecule has 0 bridgehead atoms. The molecule has 3 aromatic rings. The number of fused-ring (bicyclic) bond motifs is 1. The first-order chi connectivity index (χ1) is 12.2. The third-order valence-corrected chi connectivity index (χ3v) is 3.64. The largest absolute Gasteiger partial charge is 0.489 e. The van der Waals surface area contributed by atoms with E-state index in [2.05, 4.69) is 4.98 Å². The first-order valence-corrected chi connectivity index (χ1v) is 7.35. The molecule has 0 unspecified atom stereocenters. The third kappa shape index (κ3) is 3.74. The van der Waals surface area contributed by atoms with Crippen LogP contribution in [-0.4, -0.2) is 16.1 Å². The molecular weight excluding hydrogens is 354 g/mol. The number of hydrogen-bond acceptors (Lipinski definition) is 3. The van der Waals surface area contributed by atoms with Crippen LogP contribution in [0.2, 0.25) is 0 Å². The van der Waals surface area contributed by atoms with E-state index in [0.29, 0.717) is 22.7 Å². The summed E-state index contributed by atoms with van der Waals surface area (Å²) in [7, 11) is 0. The van der Waals surface area contributed by atoms with Gasteiger partial charge in [0.05, 0.1) is 16.6 Å². The van der Waals surface area contributed by atoms with E-state index >= 15 is 0 Å². The van der Waals surface area contributed by atoms with Crippen molar-refractivity contribution in [3.8, 4) is 5.75 Å². The van der Waals surface area contributed by atoms with Gasteiger partial charge in [0.2, 0.25) is 0 Å². The van der Waals surface area contributed by atoms with Crippen LogP contribution in [0.4, 0.5) is 17.6 Å². The van der Waals surface area contributed by atoms with Crippen LogP contribution in [0, 0.1) is 5.82 Å². The van der Waals surface area contributed by atoms with Gasteiger partial charge in [-0.25, -0.2) is 9.18 Å². The van der Waals surface area contributed by atoms with E-state index in [1.165, 1.54) is 24.4 Å². The van der Waals surface area contributed by atoms with Crippen LogP contribution >= 0.6 is 0 Å². The number of pyridine rings is 1. The first kappa shape index (κ1) is 17.7. The summed E-state index contributed by atoms with van der Waals surface area (Å²) < 4.78 is 56.9. The summed E-state index contributed by atoms with van der Waals surface area (Å²) in [5, 5.41) is 9.52. The van der Waals surface area contributed by atoms with Gasteiger partial charge >= 0.3 is 12.1 Å². The zero-order chi connectivity index (χ0) is 18.9. The number of benzene rings is 2. The number of ether oxygens (including phenoxy) is 1. The number of nitrogens with zero attached hydrogens (tertiary/aromatic N) is 1. The molecule has 2 aromatic carbocycles. The molecule has 26 heavy (non-hydrogen) atoms. The normalized spacial score (nSPS) is 11.5. The SMILES string of the molecule is O=C(O)c1cnc2cc(OCc3ccc(F)c(C(F)(F)F)c3)ccc2c1. The molecule has 0 aliphatic carbocycles. The van der Waals surface area contributed by atoms with Crippen LogP contribution < -0.4 is 4.74 Å². The molecule has 0 fully saturated rings. The number of halogens is 4. The van der Waals surface area contributed by atoms with Crippen molar-refractivity contribution in [3.63, 3.8) is 0 Å². The van der Waals surface area contributed by atoms with E-state index in [4.69, 9.17) is 9.84 Å². The summed E-state index contributed by atoms with van der Waals surface area (Å²) in [4.78, 5) is 14.9. The van der Waals surface area contributed by atoms with Gasteiger partial charge in [0, 0.05) is 17.6 Å². The topological polar surface area (TPSA) is 59.4 Å². The molecule has 0 atom stereocenters. The van der Waals surface area contributed by atoms with E-state index in [0.717, 1.165) is 6.07 Å². The molecule has 8 heteroatoms. The van der Waals surface area contributed by atoms with Crippen LogP contribution in [0.15, 0.2) is 48.7 Å². The van der Waals surface area contributed by atoms with Crippen molar-refractivity contribution in [2.24, 2.45) is 0 Å². The standard InChI is InChI=1S/C18H11F4NO3/c19-15-4-1-10(5-14(15)18(20,21)22)9-26-13-3-2-11-6-12(17(24)25)8-23-16(11)7-13/h1-8H,9H2,(H,24,25). The minimum absolute atomic E-state index is 0.0390. The molecule has 1 heterocycles. The van der Waals surface area contributed by atoms with Crippen molar-refractivity contribution >= 4 is 16.9 Å². The van der Waals surface area contributed by atoms with Crippen molar-refractivity contribution < 1.29 is 32.2 Å². The molecule has 1 aromatic heterocycles. The average molecular weight is 365 g/mol. The molecule has 0 aliphatic rings. The molecule has 3 rings (SSSR count). The second kappa shape index (κ2) is 6.62. The number of carboxylic acids is 1. The maximum atomic E-state index is 13.3. The predicted molar refractivity (Wildman–Crippen MR) is 84.4 cm³/mol. The quantitative estimate of drug-likeness (QED) is 0.683. The van der Waals surface area contributed by atoms with Crippen LogP contribution in [-0.2, 0) is 12.8 Å². The summed E-state index contributed by atoms with van der Waals surface area (Å²) in [6, 6.07) is 8.78. The Morgan fingerprint density at radius 1 is 1.12 bits per heavy atom. The van der Waals surface area contributed by atoms with Crippen LogP contribution in [0.1, 0.15) is 21.5 Å². The fourth-order valence-electron chi connectivity index (χ4n) is 2.35. The van der Waals surface area contributed by atoms with Gasteiger partial charge in [0.25, 0.3) is 0 Å². The number of hydrogen-bond donors (Lipinski definition) is 1. The summed E-state index contributed by atoms with van der Waals surface area (Å²) in [5.41, 5.74) is -0.673. The number of carboxylic acid groups (broad SMARTS) is 1. The van der Waals surface area contributed by atoms with E-state index in [9.17, 15) is 22.4 Å². The Morgan fingerprint density at radius 3 is 2.58 bits per heavy atom. The van der Waals surface area contributed by atoms with Crippen molar-refractivity contribution in [1.82, 2.24) is 4.98 Å². The second-order valence-electron chi connectivity index (χ2n) is 5.48. The zero-order valence-electron chi connectivity index (χ0n) is 13.0. The summed E-state index contributed by atoms with van der Waals surface area (Å²) >= 11 is 0. The van der Waals surface area contributed by atoms with Gasteiger partial charge in [-0.2, -0.15) is 13.2 Å². The number of rotatable bonds is 4. The number of alkyl halides is 3. The van der Waals surface area contributed by atoms with Gasteiger partial charge in [-0.05, 0) is 35.9 Å². The lowest BCUT2D eigenvalue weighted by Gasteiger charge is -2.11. The Labute approximate surface area is 144 Å². The highest BCUT2D eigenvalue weighted by Crippen LogP contribution is 2.32. The van der Waals surface area contributed by atoms with Crippen LogP contribution in [0.5, 0.6) is 5.75 Å². The predicted octanol–water partition coefficient (Wildman–Crippen LogP) is 4.67. The number of aromatic carboxylic acids is 1. The summed E-state index contributed by atoms with van der Waals surface area (Å²) in [6.45, 7) is -0.192. The van der Waals surface area contributed by atoms with Crippen LogP contribution in [0.3, 0.4) is 0 Å². The smallest absolute Gasteiger partial charge is 0.419 e. The van der Waals surface area contributed by atoms with E-state index in [1.54, 1.807) is 12.1 Å². The molecule has 0 aliphatic heterocycles. The van der Waals surface area contributed by atoms with Crippen molar-refractivity contribution in [3.05, 3.63) is 71.2 Å². The minimum Gasteiger partial charge on any atom is -0.489 e. The van der Waals surface area contributed by atoms with Crippen molar-refractivity contribution in [2.75, 3.05) is 0 Å². The first-order valence-electron chi connectivity index (χ1n) is 7.35. The summed E-state index contributed by atoms with van der Waals surface area (Å²) in [6.07, 6.45) is -3.58. The third-order valence-electron chi connectivity index (χ3n) is 3.64. The Morgan fingerprint density at radius 2 is 1.88 bits per heavy atom. The highest BCUT2D eigenvalue weighted by atomic mass is 19.4. The average Bonchev–Trinajstić information content (AvgIpc) is 2.59. The monoisotopic (exact) mass is 365 g/mol. The highest BCUT2D eigenvalue weighted by molar-refractivity contribution is 5.92. The van der Waals surface area contributed by atoms with E-state index in [1.807, 2.05) is 0 Å². The molecule has 0 saturated heterocycles. The minimum atomic E-state index is -4.78. The van der Waals surface area contributed by atoms with Crippen molar-refractivity contribution in [2.45, 2.75) is 12.8 Å². The van der Waals surface area contributed by atoms with Gasteiger partial charge in [-0.3, -0.25) is 4.98 Å².